The van der Waals surface area contributed by atoms with Crippen molar-refractivity contribution in [3.8, 4) is 0 Å². The number of esters is 1. The molecule has 0 aromatic carbocycles. The maximum Gasteiger partial charge on any atom is 0.311 e. The molecule has 1 unspecified atom stereocenters. The Morgan fingerprint density at radius 1 is 1.73 bits per heavy atom. The van der Waals surface area contributed by atoms with E-state index in [9.17, 15) is 4.79 Å². The van der Waals surface area contributed by atoms with Crippen LogP contribution in [0.2, 0.25) is 0 Å². The molecule has 3 nitrogen and oxygen atoms in total. The van der Waals surface area contributed by atoms with Crippen LogP contribution in [0, 0.1) is 5.41 Å². The number of hydrogen-bond donors (Lipinski definition) is 2. The molecule has 0 saturated heterocycles. The first-order valence-corrected chi connectivity index (χ1v) is 3.94. The number of hydrogen-bond acceptors (Lipinski definition) is 4. The van der Waals surface area contributed by atoms with Gasteiger partial charge in [0.1, 0.15) is 0 Å². The number of methoxy groups -OCH3 is 1. The van der Waals surface area contributed by atoms with Gasteiger partial charge in [-0.05, 0) is 20.3 Å². The minimum absolute atomic E-state index is 0.248. The molecule has 4 heteroatoms. The molecular formula is C7H15NO2S. The van der Waals surface area contributed by atoms with E-state index >= 15 is 0 Å². The van der Waals surface area contributed by atoms with Crippen molar-refractivity contribution in [2.24, 2.45) is 11.1 Å². The minimum Gasteiger partial charge on any atom is -0.469 e. The Morgan fingerprint density at radius 3 is 2.45 bits per heavy atom. The third kappa shape index (κ3) is 3.62. The highest BCUT2D eigenvalue weighted by Gasteiger charge is 2.29. The van der Waals surface area contributed by atoms with E-state index in [2.05, 4.69) is 17.4 Å². The lowest BCUT2D eigenvalue weighted by Gasteiger charge is -2.22. The van der Waals surface area contributed by atoms with Crippen molar-refractivity contribution in [2.75, 3.05) is 7.11 Å². The summed E-state index contributed by atoms with van der Waals surface area (Å²) in [6.07, 6.45) is 0.517. The molecule has 11 heavy (non-hydrogen) atoms. The summed E-state index contributed by atoms with van der Waals surface area (Å²) < 4.78 is 4.59. The molecule has 0 aromatic heterocycles. The van der Waals surface area contributed by atoms with Crippen LogP contribution >= 0.6 is 12.6 Å². The fourth-order valence-electron chi connectivity index (χ4n) is 0.882. The maximum absolute atomic E-state index is 11.1. The fourth-order valence-corrected chi connectivity index (χ4v) is 1.34. The molecule has 0 radical (unpaired) electrons. The minimum atomic E-state index is -0.532. The van der Waals surface area contributed by atoms with Crippen molar-refractivity contribution >= 4 is 18.6 Å². The summed E-state index contributed by atoms with van der Waals surface area (Å²) in [6.45, 7) is 3.57. The summed E-state index contributed by atoms with van der Waals surface area (Å²) in [7, 11) is 1.37. The Kier molecular flexibility index (Phi) is 3.89. The lowest BCUT2D eigenvalue weighted by molar-refractivity contribution is -0.151. The van der Waals surface area contributed by atoms with Gasteiger partial charge >= 0.3 is 5.97 Å². The van der Waals surface area contributed by atoms with Crippen molar-refractivity contribution in [1.29, 1.82) is 0 Å². The topological polar surface area (TPSA) is 52.3 Å². The number of nitrogens with two attached hydrogens (primary N) is 1. The van der Waals surface area contributed by atoms with E-state index < -0.39 is 5.41 Å². The SMILES string of the molecule is COC(=O)C(C)(C)CC(N)S. The summed E-state index contributed by atoms with van der Waals surface area (Å²) >= 11 is 3.99. The molecule has 66 valence electrons. The molecular weight excluding hydrogens is 162 g/mol. The summed E-state index contributed by atoms with van der Waals surface area (Å²) in [5.41, 5.74) is 4.90. The smallest absolute Gasteiger partial charge is 0.311 e. The van der Waals surface area contributed by atoms with E-state index in [0.29, 0.717) is 6.42 Å². The van der Waals surface area contributed by atoms with Gasteiger partial charge in [0, 0.05) is 5.37 Å². The normalized spacial score (nSPS) is 14.3. The van der Waals surface area contributed by atoms with E-state index in [1.165, 1.54) is 7.11 Å². The highest BCUT2D eigenvalue weighted by Crippen LogP contribution is 2.23. The zero-order valence-corrected chi connectivity index (χ0v) is 8.02. The second-order valence-electron chi connectivity index (χ2n) is 3.15. The Bertz CT molecular complexity index is 145. The lowest BCUT2D eigenvalue weighted by Crippen LogP contribution is -2.31. The molecule has 0 aromatic rings. The third-order valence-electron chi connectivity index (χ3n) is 1.46. The van der Waals surface area contributed by atoms with Crippen LogP contribution in [-0.4, -0.2) is 18.5 Å². The highest BCUT2D eigenvalue weighted by molar-refractivity contribution is 7.80. The number of carbonyl (C=O) groups excluding carboxylic acids is 1. The number of carbonyl (C=O) groups is 1. The van der Waals surface area contributed by atoms with Crippen LogP contribution in [0.1, 0.15) is 20.3 Å². The van der Waals surface area contributed by atoms with E-state index in [1.807, 2.05) is 0 Å². The Morgan fingerprint density at radius 2 is 2.18 bits per heavy atom. The molecule has 0 aliphatic rings. The highest BCUT2D eigenvalue weighted by atomic mass is 32.1. The first-order chi connectivity index (χ1) is 4.90. The zero-order chi connectivity index (χ0) is 9.07. The maximum atomic E-state index is 11.1. The molecule has 0 aliphatic carbocycles. The lowest BCUT2D eigenvalue weighted by atomic mass is 9.89. The van der Waals surface area contributed by atoms with Gasteiger partial charge in [-0.2, -0.15) is 12.6 Å². The summed E-state index contributed by atoms with van der Waals surface area (Å²) in [6, 6.07) is 0. The van der Waals surface area contributed by atoms with Crippen LogP contribution in [0.25, 0.3) is 0 Å². The largest absolute Gasteiger partial charge is 0.469 e. The first kappa shape index (κ1) is 10.8. The van der Waals surface area contributed by atoms with Gasteiger partial charge < -0.3 is 10.5 Å². The van der Waals surface area contributed by atoms with E-state index in [4.69, 9.17) is 5.73 Å². The van der Waals surface area contributed by atoms with Crippen LogP contribution in [-0.2, 0) is 9.53 Å². The average molecular weight is 177 g/mol. The quantitative estimate of drug-likeness (QED) is 0.381. The molecule has 0 saturated carbocycles. The number of rotatable bonds is 3. The van der Waals surface area contributed by atoms with E-state index in [-0.39, 0.29) is 11.3 Å². The molecule has 0 amide bonds. The molecule has 0 aliphatic heterocycles. The zero-order valence-electron chi connectivity index (χ0n) is 7.13. The Hall–Kier alpha value is -0.220. The van der Waals surface area contributed by atoms with Gasteiger partial charge in [-0.3, -0.25) is 4.79 Å². The van der Waals surface area contributed by atoms with E-state index in [0.717, 1.165) is 0 Å². The van der Waals surface area contributed by atoms with Crippen molar-refractivity contribution < 1.29 is 9.53 Å². The Labute approximate surface area is 72.7 Å². The second-order valence-corrected chi connectivity index (χ2v) is 3.81. The van der Waals surface area contributed by atoms with Gasteiger partial charge in [-0.25, -0.2) is 0 Å². The Balaban J connectivity index is 4.09. The van der Waals surface area contributed by atoms with Gasteiger partial charge in [-0.1, -0.05) is 0 Å². The molecule has 0 rings (SSSR count). The predicted molar refractivity (Wildman–Crippen MR) is 47.4 cm³/mol. The van der Waals surface area contributed by atoms with Gasteiger partial charge in [0.15, 0.2) is 0 Å². The van der Waals surface area contributed by atoms with Crippen molar-refractivity contribution in [3.63, 3.8) is 0 Å². The van der Waals surface area contributed by atoms with Gasteiger partial charge in [0.2, 0.25) is 0 Å². The van der Waals surface area contributed by atoms with Crippen LogP contribution < -0.4 is 5.73 Å². The molecule has 0 bridgehead atoms. The van der Waals surface area contributed by atoms with Gasteiger partial charge in [-0.15, -0.1) is 0 Å². The third-order valence-corrected chi connectivity index (χ3v) is 1.64. The van der Waals surface area contributed by atoms with Crippen molar-refractivity contribution in [2.45, 2.75) is 25.6 Å². The van der Waals surface area contributed by atoms with Gasteiger partial charge in [0.05, 0.1) is 12.5 Å². The summed E-state index contributed by atoms with van der Waals surface area (Å²) in [5.74, 6) is -0.248. The van der Waals surface area contributed by atoms with Crippen LogP contribution in [0.3, 0.4) is 0 Å². The van der Waals surface area contributed by atoms with E-state index in [1.54, 1.807) is 13.8 Å². The molecule has 0 spiro atoms. The standard InChI is InChI=1S/C7H15NO2S/c1-7(2,4-5(8)11)6(9)10-3/h5,11H,4,8H2,1-3H3. The molecule has 2 N–H and O–H groups in total. The molecule has 0 heterocycles. The average Bonchev–Trinajstić information content (AvgIpc) is 1.83. The molecule has 1 atom stereocenters. The van der Waals surface area contributed by atoms with Gasteiger partial charge in [0.25, 0.3) is 0 Å². The van der Waals surface area contributed by atoms with Crippen molar-refractivity contribution in [1.82, 2.24) is 0 Å². The summed E-state index contributed by atoms with van der Waals surface area (Å²) in [4.78, 5) is 11.1. The fraction of sp³-hybridized carbons (Fsp3) is 0.857. The predicted octanol–water partition coefficient (Wildman–Crippen LogP) is 0.790. The second kappa shape index (κ2) is 3.97. The first-order valence-electron chi connectivity index (χ1n) is 3.42. The number of thiol groups is 1. The van der Waals surface area contributed by atoms with Crippen LogP contribution in [0.15, 0.2) is 0 Å². The monoisotopic (exact) mass is 177 g/mol. The number of ether oxygens (including phenoxy) is 1. The van der Waals surface area contributed by atoms with Crippen LogP contribution in [0.4, 0.5) is 0 Å². The van der Waals surface area contributed by atoms with Crippen LogP contribution in [0.5, 0.6) is 0 Å². The summed E-state index contributed by atoms with van der Waals surface area (Å²) in [5, 5.41) is -0.274. The molecule has 0 fully saturated rings. The van der Waals surface area contributed by atoms with Crippen molar-refractivity contribution in [3.05, 3.63) is 0 Å².